The first-order valence-electron chi connectivity index (χ1n) is 9.70. The molecule has 9 heteroatoms. The van der Waals surface area contributed by atoms with Crippen molar-refractivity contribution < 1.29 is 9.59 Å². The van der Waals surface area contributed by atoms with Gasteiger partial charge in [0.05, 0.1) is 6.54 Å². The van der Waals surface area contributed by atoms with Crippen molar-refractivity contribution in [2.24, 2.45) is 12.0 Å². The third kappa shape index (κ3) is 5.53. The number of hydrogen-bond donors (Lipinski definition) is 3. The zero-order chi connectivity index (χ0) is 22.4. The van der Waals surface area contributed by atoms with Crippen molar-refractivity contribution >= 4 is 23.2 Å². The molecule has 2 aromatic rings. The van der Waals surface area contributed by atoms with E-state index in [1.165, 1.54) is 6.92 Å². The number of carbonyl (C=O) groups is 2. The van der Waals surface area contributed by atoms with Gasteiger partial charge in [0.15, 0.2) is 5.82 Å². The molecule has 2 amide bonds. The summed E-state index contributed by atoms with van der Waals surface area (Å²) in [7, 11) is 3.43. The lowest BCUT2D eigenvalue weighted by Gasteiger charge is -2.16. The van der Waals surface area contributed by atoms with Crippen molar-refractivity contribution in [2.75, 3.05) is 18.9 Å². The molecule has 0 spiro atoms. The lowest BCUT2D eigenvalue weighted by atomic mass is 10.0. The van der Waals surface area contributed by atoms with Gasteiger partial charge in [-0.2, -0.15) is 0 Å². The summed E-state index contributed by atoms with van der Waals surface area (Å²) in [5, 5.41) is 16.8. The summed E-state index contributed by atoms with van der Waals surface area (Å²) < 4.78 is 1.81. The maximum Gasteiger partial charge on any atom is 0.273 e. The third-order valence-electron chi connectivity index (χ3n) is 4.59. The van der Waals surface area contributed by atoms with E-state index < -0.39 is 0 Å². The van der Waals surface area contributed by atoms with Gasteiger partial charge in [0.2, 0.25) is 5.91 Å². The van der Waals surface area contributed by atoms with Gasteiger partial charge in [0, 0.05) is 44.2 Å². The Balaban J connectivity index is 1.75. The number of aromatic nitrogens is 3. The van der Waals surface area contributed by atoms with Gasteiger partial charge in [0.25, 0.3) is 5.91 Å². The number of carbonyl (C=O) groups excluding carboxylic acids is 2. The fourth-order valence-electron chi connectivity index (χ4n) is 3.08. The molecular formula is C22H25N7O2. The number of aryl methyl sites for hydroxylation is 1. The third-order valence-corrected chi connectivity index (χ3v) is 4.59. The van der Waals surface area contributed by atoms with E-state index in [-0.39, 0.29) is 17.5 Å². The first kappa shape index (κ1) is 21.7. The fraction of sp³-hybridized carbons (Fsp3) is 0.227. The summed E-state index contributed by atoms with van der Waals surface area (Å²) >= 11 is 0. The number of dihydropyridines is 1. The maximum absolute atomic E-state index is 12.8. The number of nitrogens with zero attached hydrogens (tertiary/aromatic N) is 4. The number of benzene rings is 1. The molecule has 9 nitrogen and oxygen atoms in total. The van der Waals surface area contributed by atoms with Crippen molar-refractivity contribution in [2.45, 2.75) is 13.8 Å². The molecule has 31 heavy (non-hydrogen) atoms. The van der Waals surface area contributed by atoms with Crippen LogP contribution < -0.4 is 16.0 Å². The lowest BCUT2D eigenvalue weighted by molar-refractivity contribution is -0.118. The van der Waals surface area contributed by atoms with Crippen LogP contribution in [0.2, 0.25) is 0 Å². The highest BCUT2D eigenvalue weighted by Gasteiger charge is 2.13. The number of anilines is 1. The largest absolute Gasteiger partial charge is 0.385 e. The van der Waals surface area contributed by atoms with Gasteiger partial charge in [-0.25, -0.2) is 0 Å². The Bertz CT molecular complexity index is 1120. The second kappa shape index (κ2) is 9.66. The van der Waals surface area contributed by atoms with E-state index in [9.17, 15) is 9.59 Å². The lowest BCUT2D eigenvalue weighted by Crippen LogP contribution is -2.28. The molecule has 1 aromatic heterocycles. The highest BCUT2D eigenvalue weighted by atomic mass is 16.2. The number of hydrogen-bond acceptors (Lipinski definition) is 6. The average molecular weight is 419 g/mol. The number of aliphatic imine (C=N–C) groups is 1. The molecule has 1 aliphatic rings. The fourth-order valence-corrected chi connectivity index (χ4v) is 3.08. The van der Waals surface area contributed by atoms with Crippen LogP contribution in [0.1, 0.15) is 13.8 Å². The van der Waals surface area contributed by atoms with Crippen LogP contribution in [0.4, 0.5) is 5.69 Å². The topological polar surface area (TPSA) is 113 Å². The average Bonchev–Trinajstić information content (AvgIpc) is 3.17. The van der Waals surface area contributed by atoms with Gasteiger partial charge in [-0.3, -0.25) is 14.6 Å². The molecule has 1 aliphatic heterocycles. The van der Waals surface area contributed by atoms with E-state index in [4.69, 9.17) is 0 Å². The van der Waals surface area contributed by atoms with Gasteiger partial charge < -0.3 is 20.5 Å². The molecule has 160 valence electrons. The molecule has 0 radical (unpaired) electrons. The van der Waals surface area contributed by atoms with Gasteiger partial charge >= 0.3 is 0 Å². The van der Waals surface area contributed by atoms with Crippen LogP contribution in [-0.4, -0.2) is 45.9 Å². The predicted molar refractivity (Wildman–Crippen MR) is 120 cm³/mol. The SMILES string of the molecule is C/N=C(\C=C(/C)C1=CNCC(NC(C)=O)=C1)C(=O)Nc1cccc(-c2nncn2C)c1. The predicted octanol–water partition coefficient (Wildman–Crippen LogP) is 1.94. The molecule has 3 rings (SSSR count). The van der Waals surface area contributed by atoms with Crippen LogP contribution in [0.3, 0.4) is 0 Å². The Kier molecular flexibility index (Phi) is 6.76. The smallest absolute Gasteiger partial charge is 0.273 e. The molecule has 0 saturated carbocycles. The maximum atomic E-state index is 12.8. The van der Waals surface area contributed by atoms with Gasteiger partial charge in [0.1, 0.15) is 12.0 Å². The van der Waals surface area contributed by atoms with E-state index in [0.29, 0.717) is 18.1 Å². The van der Waals surface area contributed by atoms with Crippen LogP contribution in [0.25, 0.3) is 11.4 Å². The second-order valence-corrected chi connectivity index (χ2v) is 7.07. The quantitative estimate of drug-likeness (QED) is 0.620. The minimum Gasteiger partial charge on any atom is -0.385 e. The van der Waals surface area contributed by atoms with Crippen LogP contribution in [-0.2, 0) is 16.6 Å². The number of amides is 2. The Labute approximate surface area is 180 Å². The van der Waals surface area contributed by atoms with Crippen molar-refractivity contribution in [3.63, 3.8) is 0 Å². The molecular weight excluding hydrogens is 394 g/mol. The summed E-state index contributed by atoms with van der Waals surface area (Å²) in [5.41, 5.74) is 4.20. The molecule has 0 aliphatic carbocycles. The highest BCUT2D eigenvalue weighted by Crippen LogP contribution is 2.20. The molecule has 2 heterocycles. The van der Waals surface area contributed by atoms with Crippen molar-refractivity contribution in [3.8, 4) is 11.4 Å². The normalized spacial score (nSPS) is 14.3. The summed E-state index contributed by atoms with van der Waals surface area (Å²) in [6, 6.07) is 7.38. The standard InChI is InChI=1S/C22H25N7O2/c1-14(17-10-19(12-24-11-17)26-15(2)30)8-20(23-3)22(31)27-18-7-5-6-16(9-18)21-28-25-13-29(21)4/h5-11,13,24H,12H2,1-4H3,(H,26,30)(H,27,31)/b14-8+,23-20+. The molecule has 1 aromatic carbocycles. The molecule has 0 atom stereocenters. The zero-order valence-electron chi connectivity index (χ0n) is 17.9. The first-order valence-corrected chi connectivity index (χ1v) is 9.70. The van der Waals surface area contributed by atoms with Crippen molar-refractivity contribution in [1.29, 1.82) is 0 Å². The molecule has 0 bridgehead atoms. The number of allylic oxidation sites excluding steroid dienone is 3. The van der Waals surface area contributed by atoms with E-state index in [1.54, 1.807) is 30.1 Å². The van der Waals surface area contributed by atoms with Gasteiger partial charge in [-0.05, 0) is 42.4 Å². The van der Waals surface area contributed by atoms with E-state index >= 15 is 0 Å². The Morgan fingerprint density at radius 3 is 2.74 bits per heavy atom. The molecule has 0 fully saturated rings. The second-order valence-electron chi connectivity index (χ2n) is 7.07. The minimum atomic E-state index is -0.326. The summed E-state index contributed by atoms with van der Waals surface area (Å²) in [6.07, 6.45) is 7.05. The Morgan fingerprint density at radius 2 is 2.06 bits per heavy atom. The molecule has 0 unspecified atom stereocenters. The van der Waals surface area contributed by atoms with E-state index in [2.05, 4.69) is 31.1 Å². The van der Waals surface area contributed by atoms with Crippen LogP contribution in [0, 0.1) is 0 Å². The minimum absolute atomic E-state index is 0.130. The van der Waals surface area contributed by atoms with E-state index in [1.807, 2.05) is 44.4 Å². The molecule has 0 saturated heterocycles. The first-order chi connectivity index (χ1) is 14.9. The van der Waals surface area contributed by atoms with Crippen molar-refractivity contribution in [1.82, 2.24) is 25.4 Å². The van der Waals surface area contributed by atoms with Crippen LogP contribution in [0.5, 0.6) is 0 Å². The van der Waals surface area contributed by atoms with E-state index in [0.717, 1.165) is 22.4 Å². The Morgan fingerprint density at radius 1 is 1.26 bits per heavy atom. The summed E-state index contributed by atoms with van der Waals surface area (Å²) in [6.45, 7) is 3.88. The highest BCUT2D eigenvalue weighted by molar-refractivity contribution is 6.47. The van der Waals surface area contributed by atoms with Crippen LogP contribution in [0.15, 0.2) is 70.8 Å². The Hall–Kier alpha value is -4.01. The monoisotopic (exact) mass is 419 g/mol. The summed E-state index contributed by atoms with van der Waals surface area (Å²) in [4.78, 5) is 28.2. The van der Waals surface area contributed by atoms with Crippen molar-refractivity contribution in [3.05, 3.63) is 65.8 Å². The number of nitrogens with one attached hydrogen (secondary N) is 3. The number of rotatable bonds is 6. The van der Waals surface area contributed by atoms with Gasteiger partial charge in [-0.1, -0.05) is 12.1 Å². The van der Waals surface area contributed by atoms with Crippen LogP contribution >= 0.6 is 0 Å². The molecule has 3 N–H and O–H groups in total. The zero-order valence-corrected chi connectivity index (χ0v) is 17.9. The summed E-state index contributed by atoms with van der Waals surface area (Å²) in [5.74, 6) is 0.247. The van der Waals surface area contributed by atoms with Gasteiger partial charge in [-0.15, -0.1) is 10.2 Å².